The van der Waals surface area contributed by atoms with Crippen LogP contribution in [-0.2, 0) is 27.9 Å². The van der Waals surface area contributed by atoms with Gasteiger partial charge >= 0.3 is 13.8 Å². The van der Waals surface area contributed by atoms with E-state index in [1.54, 1.807) is 0 Å². The van der Waals surface area contributed by atoms with Crippen LogP contribution in [0.5, 0.6) is 0 Å². The van der Waals surface area contributed by atoms with Gasteiger partial charge in [0.25, 0.3) is 0 Å². The summed E-state index contributed by atoms with van der Waals surface area (Å²) in [4.78, 5) is 37.7. The molecule has 0 heterocycles. The fourth-order valence-electron chi connectivity index (χ4n) is 9.40. The number of unbranched alkanes of at least 4 members (excludes halogenated alkanes) is 35. The number of esters is 1. The summed E-state index contributed by atoms with van der Waals surface area (Å²) in [6.45, 7) is 7.00. The fourth-order valence-corrected chi connectivity index (χ4v) is 10.1. The summed E-state index contributed by atoms with van der Waals surface area (Å²) >= 11 is 0. The predicted molar refractivity (Wildman–Crippen MR) is 332 cm³/mol. The highest BCUT2D eigenvalue weighted by Gasteiger charge is 2.30. The minimum Gasteiger partial charge on any atom is -0.456 e. The maximum absolute atomic E-state index is 13.5. The molecule has 0 fully saturated rings. The fraction of sp³-hybridized carbons (Fsp3) is 0.821. The highest BCUT2D eigenvalue weighted by atomic mass is 31.2. The maximum atomic E-state index is 13.5. The number of ether oxygens (including phenoxy) is 1. The summed E-state index contributed by atoms with van der Waals surface area (Å²) in [5, 5.41) is 3.06. The molecule has 0 saturated carbocycles. The average Bonchev–Trinajstić information content (AvgIpc) is 3.39. The number of hydrogen-bond donors (Lipinski definition) is 2. The molecule has 450 valence electrons. The number of nitrogens with zero attached hydrogens (tertiary/aromatic N) is 1. The number of rotatable bonds is 59. The van der Waals surface area contributed by atoms with Gasteiger partial charge in [-0.05, 0) is 76.7 Å². The van der Waals surface area contributed by atoms with Crippen LogP contribution in [0.4, 0.5) is 0 Å². The number of hydrogen-bond acceptors (Lipinski definition) is 6. The van der Waals surface area contributed by atoms with Crippen molar-refractivity contribution in [3.05, 3.63) is 60.8 Å². The van der Waals surface area contributed by atoms with Crippen molar-refractivity contribution in [3.63, 3.8) is 0 Å². The first-order valence-electron chi connectivity index (χ1n) is 32.6. The molecule has 0 bridgehead atoms. The SMILES string of the molecule is CCCCC/C=C\C/C=C\C/C=C\C/C=C\CCCCCCCCCCCCCC(=O)OC(/C=C\CCCCCCCCCCC)C(COP(=O)(O)OCC[N+](C)(C)C)NC(=O)CCCCCCCCCCCCCCC. The number of amides is 1. The van der Waals surface area contributed by atoms with Crippen molar-refractivity contribution in [2.24, 2.45) is 0 Å². The Labute approximate surface area is 477 Å². The second-order valence-electron chi connectivity index (χ2n) is 23.3. The van der Waals surface area contributed by atoms with E-state index in [0.717, 1.165) is 77.0 Å². The first-order valence-corrected chi connectivity index (χ1v) is 34.1. The van der Waals surface area contributed by atoms with E-state index >= 15 is 0 Å². The number of phosphoric acid groups is 1. The van der Waals surface area contributed by atoms with Crippen LogP contribution in [0, 0.1) is 0 Å². The maximum Gasteiger partial charge on any atom is 0.472 e. The molecule has 9 nitrogen and oxygen atoms in total. The van der Waals surface area contributed by atoms with Crippen LogP contribution >= 0.6 is 7.82 Å². The molecule has 0 spiro atoms. The van der Waals surface area contributed by atoms with Crippen molar-refractivity contribution < 1.29 is 37.3 Å². The molecule has 0 aliphatic rings. The highest BCUT2D eigenvalue weighted by Crippen LogP contribution is 2.43. The van der Waals surface area contributed by atoms with Crippen molar-refractivity contribution in [1.29, 1.82) is 0 Å². The summed E-state index contributed by atoms with van der Waals surface area (Å²) in [5.41, 5.74) is 0. The van der Waals surface area contributed by atoms with Crippen LogP contribution in [-0.4, -0.2) is 74.3 Å². The summed E-state index contributed by atoms with van der Waals surface area (Å²) < 4.78 is 30.7. The Morgan fingerprint density at radius 1 is 0.455 bits per heavy atom. The minimum absolute atomic E-state index is 0.0404. The van der Waals surface area contributed by atoms with E-state index in [9.17, 15) is 19.0 Å². The summed E-state index contributed by atoms with van der Waals surface area (Å²) in [5.74, 6) is -0.500. The molecule has 3 atom stereocenters. The van der Waals surface area contributed by atoms with Gasteiger partial charge in [0.05, 0.1) is 33.8 Å². The lowest BCUT2D eigenvalue weighted by atomic mass is 10.0. The van der Waals surface area contributed by atoms with Gasteiger partial charge in [0.15, 0.2) is 0 Å². The molecule has 0 aromatic rings. The van der Waals surface area contributed by atoms with Gasteiger partial charge in [-0.3, -0.25) is 18.6 Å². The summed E-state index contributed by atoms with van der Waals surface area (Å²) in [6, 6.07) is -0.847. The number of carbonyl (C=O) groups is 2. The van der Waals surface area contributed by atoms with E-state index in [1.165, 1.54) is 193 Å². The molecule has 0 aromatic heterocycles. The number of allylic oxidation sites excluding steroid dienone is 9. The van der Waals surface area contributed by atoms with Gasteiger partial charge in [0.2, 0.25) is 5.91 Å². The van der Waals surface area contributed by atoms with Gasteiger partial charge in [-0.1, -0.05) is 275 Å². The Balaban J connectivity index is 5.02. The molecule has 0 aliphatic carbocycles. The monoisotopic (exact) mass is 1100 g/mol. The lowest BCUT2D eigenvalue weighted by Gasteiger charge is -2.27. The predicted octanol–water partition coefficient (Wildman–Crippen LogP) is 20.2. The lowest BCUT2D eigenvalue weighted by Crippen LogP contribution is -2.47. The topological polar surface area (TPSA) is 111 Å². The summed E-state index contributed by atoms with van der Waals surface area (Å²) in [6.07, 6.45) is 72.2. The van der Waals surface area contributed by atoms with Gasteiger partial charge in [-0.2, -0.15) is 0 Å². The second kappa shape index (κ2) is 57.0. The molecular weight excluding hydrogens is 976 g/mol. The first-order chi connectivity index (χ1) is 37.4. The Morgan fingerprint density at radius 3 is 1.21 bits per heavy atom. The smallest absolute Gasteiger partial charge is 0.456 e. The third-order valence-corrected chi connectivity index (χ3v) is 15.4. The molecule has 0 saturated heterocycles. The van der Waals surface area contributed by atoms with Crippen LogP contribution in [0.2, 0.25) is 0 Å². The van der Waals surface area contributed by atoms with Crippen molar-refractivity contribution in [1.82, 2.24) is 5.32 Å². The second-order valence-corrected chi connectivity index (χ2v) is 24.7. The van der Waals surface area contributed by atoms with Gasteiger partial charge in [0, 0.05) is 12.8 Å². The normalized spacial score (nSPS) is 14.0. The number of carbonyl (C=O) groups excluding carboxylic acids is 2. The Bertz CT molecular complexity index is 1500. The molecule has 0 aliphatic heterocycles. The van der Waals surface area contributed by atoms with Gasteiger partial charge in [-0.25, -0.2) is 4.57 Å². The molecule has 3 unspecified atom stereocenters. The number of nitrogens with one attached hydrogen (secondary N) is 1. The zero-order chi connectivity index (χ0) is 56.4. The first kappa shape index (κ1) is 74.7. The van der Waals surface area contributed by atoms with Crippen molar-refractivity contribution >= 4 is 19.7 Å². The number of phosphoric ester groups is 1. The van der Waals surface area contributed by atoms with Gasteiger partial charge in [-0.15, -0.1) is 0 Å². The quantitative estimate of drug-likeness (QED) is 0.0205. The van der Waals surface area contributed by atoms with Crippen molar-refractivity contribution in [3.8, 4) is 0 Å². The average molecular weight is 1100 g/mol. The van der Waals surface area contributed by atoms with E-state index in [0.29, 0.717) is 17.4 Å². The third kappa shape index (κ3) is 58.2. The Kier molecular flexibility index (Phi) is 55.3. The molecule has 10 heteroatoms. The van der Waals surface area contributed by atoms with Crippen LogP contribution < -0.4 is 5.32 Å². The standard InChI is InChI=1S/C67H125N2O7P/c1-7-10-13-16-19-22-25-27-28-29-30-31-32-33-34-35-36-37-38-39-40-42-45-48-51-54-57-60-67(71)76-65(58-55-52-49-46-43-24-21-18-15-12-9-3)64(63-75-77(72,73)74-62-61-69(4,5)6)68-66(70)59-56-53-50-47-44-41-26-23-20-17-14-11-8-2/h19,22,27-28,30-31,33-34,55,58,64-65H,7-18,20-21,23-26,29,32,35-54,56-57,59-63H2,1-6H3,(H-,68,70,72,73)/p+1/b22-19-,28-27-,31-30-,34-33-,58-55-. The molecular formula is C67H126N2O7P+. The summed E-state index contributed by atoms with van der Waals surface area (Å²) in [7, 11) is 1.50. The van der Waals surface area contributed by atoms with E-state index in [1.807, 2.05) is 33.3 Å². The van der Waals surface area contributed by atoms with Crippen LogP contribution in [0.1, 0.15) is 303 Å². The number of likely N-dealkylation sites (N-methyl/N-ethyl adjacent to an activating group) is 1. The highest BCUT2D eigenvalue weighted by molar-refractivity contribution is 7.47. The molecule has 0 rings (SSSR count). The molecule has 2 N–H and O–H groups in total. The van der Waals surface area contributed by atoms with E-state index in [4.69, 9.17) is 13.8 Å². The van der Waals surface area contributed by atoms with Crippen LogP contribution in [0.25, 0.3) is 0 Å². The van der Waals surface area contributed by atoms with E-state index in [2.05, 4.69) is 74.7 Å². The Hall–Kier alpha value is -2.29. The van der Waals surface area contributed by atoms with E-state index < -0.39 is 20.0 Å². The van der Waals surface area contributed by atoms with Gasteiger partial charge in [0.1, 0.15) is 19.3 Å². The van der Waals surface area contributed by atoms with Crippen molar-refractivity contribution in [2.45, 2.75) is 315 Å². The zero-order valence-corrected chi connectivity index (χ0v) is 52.3. The molecule has 0 radical (unpaired) electrons. The number of quaternary nitrogens is 1. The molecule has 0 aromatic carbocycles. The lowest BCUT2D eigenvalue weighted by molar-refractivity contribution is -0.870. The molecule has 77 heavy (non-hydrogen) atoms. The van der Waals surface area contributed by atoms with Crippen LogP contribution in [0.3, 0.4) is 0 Å². The third-order valence-electron chi connectivity index (χ3n) is 14.5. The molecule has 1 amide bonds. The minimum atomic E-state index is -4.44. The Morgan fingerprint density at radius 2 is 0.792 bits per heavy atom. The van der Waals surface area contributed by atoms with Crippen LogP contribution in [0.15, 0.2) is 60.8 Å². The zero-order valence-electron chi connectivity index (χ0n) is 51.5. The van der Waals surface area contributed by atoms with Crippen molar-refractivity contribution in [2.75, 3.05) is 40.9 Å². The van der Waals surface area contributed by atoms with E-state index in [-0.39, 0.29) is 31.5 Å². The largest absolute Gasteiger partial charge is 0.472 e. The van der Waals surface area contributed by atoms with Gasteiger partial charge < -0.3 is 19.4 Å².